The van der Waals surface area contributed by atoms with Crippen molar-refractivity contribution in [1.29, 1.82) is 0 Å². The molecule has 0 fully saturated rings. The van der Waals surface area contributed by atoms with Crippen LogP contribution >= 0.6 is 0 Å². The molecule has 542 valence electrons. The summed E-state index contributed by atoms with van der Waals surface area (Å²) in [5.74, 6) is -2.25. The average molecular weight is 1310 g/mol. The van der Waals surface area contributed by atoms with Gasteiger partial charge >= 0.3 is 11.9 Å². The number of nitrogens with zero attached hydrogens (tertiary/aromatic N) is 1. The van der Waals surface area contributed by atoms with Gasteiger partial charge in [0.15, 0.2) is 12.4 Å². The Hall–Kier alpha value is -3.27. The summed E-state index contributed by atoms with van der Waals surface area (Å²) in [6, 6.07) is 0. The Bertz CT molecular complexity index is 1760. The Morgan fingerprint density at radius 1 is 0.333 bits per heavy atom. The minimum atomic E-state index is -1.62. The number of ether oxygens (including phenoxy) is 4. The summed E-state index contributed by atoms with van der Waals surface area (Å²) < 4.78 is 22.9. The molecule has 0 saturated heterocycles. The molecule has 2 unspecified atom stereocenters. The van der Waals surface area contributed by atoms with Crippen molar-refractivity contribution in [2.24, 2.45) is 0 Å². The molecule has 0 bridgehead atoms. The Balaban J connectivity index is 3.98. The van der Waals surface area contributed by atoms with Crippen LogP contribution < -0.4 is 5.11 Å². The zero-order valence-corrected chi connectivity index (χ0v) is 62.1. The van der Waals surface area contributed by atoms with Gasteiger partial charge in [-0.15, -0.1) is 0 Å². The molecule has 0 aliphatic rings. The molecule has 0 aliphatic heterocycles. The summed E-state index contributed by atoms with van der Waals surface area (Å²) in [6.45, 7) is 4.69. The highest BCUT2D eigenvalue weighted by molar-refractivity contribution is 5.70. The van der Waals surface area contributed by atoms with Crippen molar-refractivity contribution in [2.75, 3.05) is 47.5 Å². The van der Waals surface area contributed by atoms with Crippen molar-refractivity contribution in [3.63, 3.8) is 0 Å². The first-order valence-electron chi connectivity index (χ1n) is 40.1. The quantitative estimate of drug-likeness (QED) is 0.0195. The van der Waals surface area contributed by atoms with E-state index in [2.05, 4.69) is 86.8 Å². The minimum absolute atomic E-state index is 0.149. The highest BCUT2D eigenvalue weighted by Gasteiger charge is 2.22. The van der Waals surface area contributed by atoms with Gasteiger partial charge in [0.2, 0.25) is 0 Å². The summed E-state index contributed by atoms with van der Waals surface area (Å²) in [5, 5.41) is 11.9. The predicted molar refractivity (Wildman–Crippen MR) is 398 cm³/mol. The van der Waals surface area contributed by atoms with Gasteiger partial charge in [0.05, 0.1) is 40.3 Å². The first-order chi connectivity index (χ1) is 45.6. The van der Waals surface area contributed by atoms with Gasteiger partial charge in [-0.05, 0) is 83.5 Å². The van der Waals surface area contributed by atoms with E-state index in [1.807, 2.05) is 21.1 Å². The maximum atomic E-state index is 13.0. The van der Waals surface area contributed by atoms with E-state index in [9.17, 15) is 19.5 Å². The molecule has 0 aromatic carbocycles. The van der Waals surface area contributed by atoms with Crippen LogP contribution in [0.15, 0.2) is 72.9 Å². The molecule has 0 amide bonds. The second-order valence-electron chi connectivity index (χ2n) is 28.3. The molecular formula is C84H153NO8. The van der Waals surface area contributed by atoms with E-state index in [4.69, 9.17) is 18.9 Å². The van der Waals surface area contributed by atoms with Crippen LogP contribution in [-0.2, 0) is 33.3 Å². The van der Waals surface area contributed by atoms with Gasteiger partial charge in [0.1, 0.15) is 13.2 Å². The second-order valence-corrected chi connectivity index (χ2v) is 28.3. The minimum Gasteiger partial charge on any atom is -0.545 e. The van der Waals surface area contributed by atoms with Crippen molar-refractivity contribution >= 4 is 17.9 Å². The molecule has 0 aromatic rings. The Kier molecular flexibility index (Phi) is 71.9. The van der Waals surface area contributed by atoms with Gasteiger partial charge in [-0.2, -0.15) is 0 Å². The summed E-state index contributed by atoms with van der Waals surface area (Å²) in [5.41, 5.74) is 0. The number of unbranched alkanes of at least 4 members (excludes halogenated alkanes) is 48. The number of likely N-dealkylation sites (N-methyl/N-ethyl adjacent to an activating group) is 1. The van der Waals surface area contributed by atoms with Crippen LogP contribution in [0.5, 0.6) is 0 Å². The number of esters is 2. The Morgan fingerprint density at radius 2 is 0.613 bits per heavy atom. The molecule has 0 N–H and O–H groups in total. The van der Waals surface area contributed by atoms with Gasteiger partial charge < -0.3 is 33.3 Å². The van der Waals surface area contributed by atoms with Crippen LogP contribution in [0.3, 0.4) is 0 Å². The third-order valence-corrected chi connectivity index (χ3v) is 17.9. The lowest BCUT2D eigenvalue weighted by Crippen LogP contribution is -2.44. The smallest absolute Gasteiger partial charge is 0.306 e. The predicted octanol–water partition coefficient (Wildman–Crippen LogP) is 24.3. The van der Waals surface area contributed by atoms with Crippen LogP contribution in [0.25, 0.3) is 0 Å². The average Bonchev–Trinajstić information content (AvgIpc) is 3.74. The highest BCUT2D eigenvalue weighted by Crippen LogP contribution is 2.19. The van der Waals surface area contributed by atoms with Crippen molar-refractivity contribution < 1.29 is 42.9 Å². The maximum Gasteiger partial charge on any atom is 0.306 e. The standard InChI is InChI=1S/C84H153NO8/c1-6-8-10-12-14-16-18-20-22-24-26-28-30-32-34-36-38-40-41-43-45-47-49-51-53-55-57-59-61-63-65-67-69-71-73-75-82(87)93-80(79-92-84(83(88)89)90-77-76-85(3,4)5)78-91-81(86)74-72-70-68-66-64-62-60-58-56-54-52-50-48-46-44-42-39-37-35-33-31-29-27-25-23-21-19-17-15-13-11-9-7-2/h8,10,14,16,19-22,25-28,80,84H,6-7,9,11-13,15,17-18,23-24,29-79H2,1-5H3/b10-8-,16-14-,21-19-,22-20-,27-25-,28-26-. The van der Waals surface area contributed by atoms with Crippen LogP contribution in [0.2, 0.25) is 0 Å². The van der Waals surface area contributed by atoms with E-state index in [1.54, 1.807) is 0 Å². The van der Waals surface area contributed by atoms with Gasteiger partial charge in [0, 0.05) is 12.8 Å². The fourth-order valence-electron chi connectivity index (χ4n) is 11.9. The van der Waals surface area contributed by atoms with Crippen molar-refractivity contribution in [1.82, 2.24) is 0 Å². The molecule has 0 rings (SSSR count). The van der Waals surface area contributed by atoms with E-state index in [-0.39, 0.29) is 32.2 Å². The van der Waals surface area contributed by atoms with E-state index in [0.29, 0.717) is 23.9 Å². The van der Waals surface area contributed by atoms with Crippen molar-refractivity contribution in [3.05, 3.63) is 72.9 Å². The molecule has 0 aromatic heterocycles. The Morgan fingerprint density at radius 3 is 0.914 bits per heavy atom. The fourth-order valence-corrected chi connectivity index (χ4v) is 11.9. The molecule has 93 heavy (non-hydrogen) atoms. The van der Waals surface area contributed by atoms with Gasteiger partial charge in [-0.25, -0.2) is 0 Å². The molecular weight excluding hydrogens is 1150 g/mol. The molecule has 9 nitrogen and oxygen atoms in total. The van der Waals surface area contributed by atoms with Gasteiger partial charge in [-0.3, -0.25) is 9.59 Å². The number of carbonyl (C=O) groups is 3. The van der Waals surface area contributed by atoms with Crippen LogP contribution in [0.1, 0.15) is 386 Å². The monoisotopic (exact) mass is 1300 g/mol. The molecule has 0 heterocycles. The fraction of sp³-hybridized carbons (Fsp3) is 0.821. The first-order valence-corrected chi connectivity index (χ1v) is 40.1. The lowest BCUT2D eigenvalue weighted by atomic mass is 10.0. The largest absolute Gasteiger partial charge is 0.545 e. The summed E-state index contributed by atoms with van der Waals surface area (Å²) in [6.07, 6.45) is 97.4. The number of carboxylic acids is 1. The number of allylic oxidation sites excluding steroid dienone is 12. The zero-order valence-electron chi connectivity index (χ0n) is 62.1. The topological polar surface area (TPSA) is 111 Å². The lowest BCUT2D eigenvalue weighted by Gasteiger charge is -2.26. The van der Waals surface area contributed by atoms with Crippen molar-refractivity contribution in [3.8, 4) is 0 Å². The summed E-state index contributed by atoms with van der Waals surface area (Å²) in [7, 11) is 5.95. The third kappa shape index (κ3) is 76.0. The summed E-state index contributed by atoms with van der Waals surface area (Å²) in [4.78, 5) is 37.6. The number of carboxylic acid groups (broad SMARTS) is 1. The lowest BCUT2D eigenvalue weighted by molar-refractivity contribution is -0.870. The van der Waals surface area contributed by atoms with E-state index in [1.165, 1.54) is 289 Å². The third-order valence-electron chi connectivity index (χ3n) is 17.9. The van der Waals surface area contributed by atoms with Gasteiger partial charge in [-0.1, -0.05) is 363 Å². The summed E-state index contributed by atoms with van der Waals surface area (Å²) >= 11 is 0. The van der Waals surface area contributed by atoms with E-state index in [0.717, 1.165) is 64.2 Å². The number of aliphatic carboxylic acids is 1. The molecule has 0 saturated carbocycles. The van der Waals surface area contributed by atoms with Crippen LogP contribution in [0.4, 0.5) is 0 Å². The highest BCUT2D eigenvalue weighted by atomic mass is 16.7. The zero-order chi connectivity index (χ0) is 67.5. The van der Waals surface area contributed by atoms with E-state index < -0.39 is 24.3 Å². The number of carbonyl (C=O) groups excluding carboxylic acids is 3. The maximum absolute atomic E-state index is 13.0. The van der Waals surface area contributed by atoms with Crippen LogP contribution in [0, 0.1) is 0 Å². The second kappa shape index (κ2) is 74.5. The molecule has 0 aliphatic carbocycles. The van der Waals surface area contributed by atoms with E-state index >= 15 is 0 Å². The number of quaternary nitrogens is 1. The molecule has 9 heteroatoms. The molecule has 2 atom stereocenters. The SMILES string of the molecule is CC/C=C\C/C=C\C/C=C\C/C=C\CCCCCCCCCCCCCCCCCCCCCCCCC(=O)OC(COC(=O)CCCCCCCCCCCCCCCCCCCCCCC/C=C\C/C=C\CCCCCCC)COC(OCC[N+](C)(C)C)C(=O)[O-]. The molecule has 0 radical (unpaired) electrons. The van der Waals surface area contributed by atoms with Crippen molar-refractivity contribution in [2.45, 2.75) is 399 Å². The van der Waals surface area contributed by atoms with Crippen LogP contribution in [-0.4, -0.2) is 82.3 Å². The van der Waals surface area contributed by atoms with Gasteiger partial charge in [0.25, 0.3) is 0 Å². The first kappa shape index (κ1) is 89.7. The Labute approximate surface area is 577 Å². The number of hydrogen-bond donors (Lipinski definition) is 0. The number of hydrogen-bond acceptors (Lipinski definition) is 8. The number of rotatable bonds is 75. The normalized spacial score (nSPS) is 13.0. The molecule has 0 spiro atoms.